The molecule has 2 fully saturated rings. The summed E-state index contributed by atoms with van der Waals surface area (Å²) in [6.45, 7) is 0.140. The van der Waals surface area contributed by atoms with E-state index < -0.39 is 0 Å². The Morgan fingerprint density at radius 3 is 2.89 bits per heavy atom. The Hall–Kier alpha value is -1.06. The largest absolute Gasteiger partial charge is 0.497 e. The van der Waals surface area contributed by atoms with Gasteiger partial charge in [0, 0.05) is 6.04 Å². The fraction of sp³-hybridized carbons (Fsp3) is 0.625. The van der Waals surface area contributed by atoms with E-state index in [9.17, 15) is 5.11 Å². The van der Waals surface area contributed by atoms with E-state index in [4.69, 9.17) is 4.74 Å². The molecule has 2 saturated carbocycles. The van der Waals surface area contributed by atoms with Crippen LogP contribution in [0.3, 0.4) is 0 Å². The summed E-state index contributed by atoms with van der Waals surface area (Å²) in [5, 5.41) is 13.3. The molecule has 104 valence electrons. The summed E-state index contributed by atoms with van der Waals surface area (Å²) >= 11 is 0. The van der Waals surface area contributed by atoms with E-state index in [1.165, 1.54) is 25.7 Å². The summed E-state index contributed by atoms with van der Waals surface area (Å²) in [5.74, 6) is 2.60. The third-order valence-corrected chi connectivity index (χ3v) is 4.83. The number of fused-ring (bicyclic) bond motifs is 2. The molecule has 2 aliphatic carbocycles. The highest BCUT2D eigenvalue weighted by molar-refractivity contribution is 5.30. The molecule has 1 aromatic carbocycles. The van der Waals surface area contributed by atoms with Crippen molar-refractivity contribution < 1.29 is 9.84 Å². The van der Waals surface area contributed by atoms with Crippen LogP contribution in [0.15, 0.2) is 24.3 Å². The van der Waals surface area contributed by atoms with Crippen LogP contribution in [-0.2, 0) is 0 Å². The van der Waals surface area contributed by atoms with Crippen LogP contribution < -0.4 is 10.1 Å². The van der Waals surface area contributed by atoms with Gasteiger partial charge in [-0.25, -0.2) is 0 Å². The molecule has 3 rings (SSSR count). The van der Waals surface area contributed by atoms with Crippen LogP contribution in [-0.4, -0.2) is 24.9 Å². The van der Waals surface area contributed by atoms with Gasteiger partial charge in [0.1, 0.15) is 5.75 Å². The Kier molecular flexibility index (Phi) is 3.76. The van der Waals surface area contributed by atoms with Crippen molar-refractivity contribution in [3.63, 3.8) is 0 Å². The fourth-order valence-corrected chi connectivity index (χ4v) is 3.82. The van der Waals surface area contributed by atoms with Crippen molar-refractivity contribution in [2.45, 2.75) is 37.8 Å². The van der Waals surface area contributed by atoms with Crippen LogP contribution in [0.1, 0.15) is 37.3 Å². The van der Waals surface area contributed by atoms with Crippen molar-refractivity contribution in [3.8, 4) is 5.75 Å². The number of benzene rings is 1. The average molecular weight is 261 g/mol. The lowest BCUT2D eigenvalue weighted by Crippen LogP contribution is -2.38. The average Bonchev–Trinajstić information content (AvgIpc) is 3.07. The zero-order valence-electron chi connectivity index (χ0n) is 11.5. The minimum absolute atomic E-state index is 0.0273. The molecular weight excluding hydrogens is 238 g/mol. The number of methoxy groups -OCH3 is 1. The molecule has 0 amide bonds. The predicted molar refractivity (Wildman–Crippen MR) is 75.2 cm³/mol. The zero-order valence-corrected chi connectivity index (χ0v) is 11.5. The molecule has 0 aromatic heterocycles. The molecule has 0 aliphatic heterocycles. The number of rotatable bonds is 5. The van der Waals surface area contributed by atoms with Gasteiger partial charge in [-0.1, -0.05) is 18.6 Å². The maximum Gasteiger partial charge on any atom is 0.119 e. The van der Waals surface area contributed by atoms with Gasteiger partial charge in [-0.05, 0) is 48.8 Å². The van der Waals surface area contributed by atoms with E-state index in [2.05, 4.69) is 11.4 Å². The van der Waals surface area contributed by atoms with Gasteiger partial charge in [0.15, 0.2) is 0 Å². The second-order valence-corrected chi connectivity index (χ2v) is 5.96. The summed E-state index contributed by atoms with van der Waals surface area (Å²) in [4.78, 5) is 0. The zero-order chi connectivity index (χ0) is 13.2. The first-order valence-electron chi connectivity index (χ1n) is 7.31. The van der Waals surface area contributed by atoms with Crippen LogP contribution >= 0.6 is 0 Å². The van der Waals surface area contributed by atoms with E-state index in [0.717, 1.165) is 23.1 Å². The summed E-state index contributed by atoms with van der Waals surface area (Å²) < 4.78 is 5.26. The maximum absolute atomic E-state index is 9.67. The number of ether oxygens (including phenoxy) is 1. The van der Waals surface area contributed by atoms with E-state index >= 15 is 0 Å². The Bertz CT molecular complexity index is 435. The number of hydrogen-bond donors (Lipinski definition) is 2. The van der Waals surface area contributed by atoms with Crippen molar-refractivity contribution in [3.05, 3.63) is 29.8 Å². The van der Waals surface area contributed by atoms with Gasteiger partial charge >= 0.3 is 0 Å². The standard InChI is InChI=1S/C16H23NO2/c1-19-14-4-2-3-12(9-14)16(10-18)17-15-8-11-5-6-13(15)7-11/h2-4,9,11,13,15-18H,5-8,10H2,1H3. The van der Waals surface area contributed by atoms with Gasteiger partial charge in [-0.3, -0.25) is 0 Å². The Morgan fingerprint density at radius 2 is 2.26 bits per heavy atom. The molecule has 3 nitrogen and oxygen atoms in total. The van der Waals surface area contributed by atoms with E-state index in [0.29, 0.717) is 6.04 Å². The van der Waals surface area contributed by atoms with Crippen molar-refractivity contribution in [1.29, 1.82) is 0 Å². The van der Waals surface area contributed by atoms with Gasteiger partial charge in [0.2, 0.25) is 0 Å². The summed E-state index contributed by atoms with van der Waals surface area (Å²) in [7, 11) is 1.68. The van der Waals surface area contributed by atoms with E-state index in [1.54, 1.807) is 7.11 Å². The maximum atomic E-state index is 9.67. The normalized spacial score (nSPS) is 30.5. The highest BCUT2D eigenvalue weighted by Gasteiger charge is 2.40. The summed E-state index contributed by atoms with van der Waals surface area (Å²) in [6, 6.07) is 8.61. The molecule has 4 unspecified atom stereocenters. The lowest BCUT2D eigenvalue weighted by molar-refractivity contribution is 0.215. The Labute approximate surface area is 115 Å². The van der Waals surface area contributed by atoms with Crippen LogP contribution in [0.25, 0.3) is 0 Å². The quantitative estimate of drug-likeness (QED) is 0.855. The van der Waals surface area contributed by atoms with Gasteiger partial charge in [0.05, 0.1) is 19.8 Å². The van der Waals surface area contributed by atoms with Gasteiger partial charge < -0.3 is 15.2 Å². The van der Waals surface area contributed by atoms with Crippen LogP contribution in [0.5, 0.6) is 5.75 Å². The monoisotopic (exact) mass is 261 g/mol. The number of nitrogens with one attached hydrogen (secondary N) is 1. The first-order valence-corrected chi connectivity index (χ1v) is 7.31. The van der Waals surface area contributed by atoms with Gasteiger partial charge in [-0.15, -0.1) is 0 Å². The third-order valence-electron chi connectivity index (χ3n) is 4.83. The summed E-state index contributed by atoms with van der Waals surface area (Å²) in [6.07, 6.45) is 5.43. The highest BCUT2D eigenvalue weighted by Crippen LogP contribution is 2.45. The van der Waals surface area contributed by atoms with Gasteiger partial charge in [0.25, 0.3) is 0 Å². The first kappa shape index (κ1) is 12.9. The first-order chi connectivity index (χ1) is 9.30. The minimum Gasteiger partial charge on any atom is -0.497 e. The number of hydrogen-bond acceptors (Lipinski definition) is 3. The molecular formula is C16H23NO2. The van der Waals surface area contributed by atoms with Crippen molar-refractivity contribution in [2.75, 3.05) is 13.7 Å². The molecule has 2 aliphatic rings. The molecule has 0 heterocycles. The molecule has 3 heteroatoms. The molecule has 2 N–H and O–H groups in total. The van der Waals surface area contributed by atoms with Crippen molar-refractivity contribution >= 4 is 0 Å². The van der Waals surface area contributed by atoms with Crippen molar-refractivity contribution in [1.82, 2.24) is 5.32 Å². The highest BCUT2D eigenvalue weighted by atomic mass is 16.5. The summed E-state index contributed by atoms with van der Waals surface area (Å²) in [5.41, 5.74) is 1.12. The topological polar surface area (TPSA) is 41.5 Å². The number of aliphatic hydroxyl groups is 1. The van der Waals surface area contributed by atoms with Gasteiger partial charge in [-0.2, -0.15) is 0 Å². The number of aliphatic hydroxyl groups excluding tert-OH is 1. The van der Waals surface area contributed by atoms with E-state index in [-0.39, 0.29) is 12.6 Å². The Balaban J connectivity index is 1.69. The lowest BCUT2D eigenvalue weighted by atomic mass is 9.94. The Morgan fingerprint density at radius 1 is 1.37 bits per heavy atom. The van der Waals surface area contributed by atoms with E-state index in [1.807, 2.05) is 18.2 Å². The SMILES string of the molecule is COc1cccc(C(CO)NC2CC3CCC2C3)c1. The fourth-order valence-electron chi connectivity index (χ4n) is 3.82. The molecule has 2 bridgehead atoms. The lowest BCUT2D eigenvalue weighted by Gasteiger charge is -2.28. The molecule has 0 radical (unpaired) electrons. The molecule has 1 aromatic rings. The second-order valence-electron chi connectivity index (χ2n) is 5.96. The minimum atomic E-state index is 0.0273. The van der Waals surface area contributed by atoms with Crippen LogP contribution in [0.4, 0.5) is 0 Å². The molecule has 0 saturated heterocycles. The van der Waals surface area contributed by atoms with Crippen LogP contribution in [0, 0.1) is 11.8 Å². The third kappa shape index (κ3) is 2.63. The predicted octanol–water partition coefficient (Wildman–Crippen LogP) is 2.51. The molecule has 0 spiro atoms. The smallest absolute Gasteiger partial charge is 0.119 e. The molecule has 19 heavy (non-hydrogen) atoms. The van der Waals surface area contributed by atoms with Crippen molar-refractivity contribution in [2.24, 2.45) is 11.8 Å². The second kappa shape index (κ2) is 5.51. The molecule has 4 atom stereocenters. The van der Waals surface area contributed by atoms with Crippen LogP contribution in [0.2, 0.25) is 0 Å².